The molecule has 0 saturated carbocycles. The van der Waals surface area contributed by atoms with Gasteiger partial charge >= 0.3 is 0 Å². The van der Waals surface area contributed by atoms with E-state index in [1.54, 1.807) is 24.3 Å². The Bertz CT molecular complexity index is 1330. The van der Waals surface area contributed by atoms with Crippen LogP contribution in [0.2, 0.25) is 0 Å². The van der Waals surface area contributed by atoms with E-state index < -0.39 is 21.8 Å². The Labute approximate surface area is 220 Å². The molecule has 200 valence electrons. The molecule has 0 unspecified atom stereocenters. The number of methoxy groups -OCH3 is 1. The Hall–Kier alpha value is -4.29. The van der Waals surface area contributed by atoms with Crippen molar-refractivity contribution in [2.24, 2.45) is 0 Å². The lowest BCUT2D eigenvalue weighted by atomic mass is 10.1. The molecule has 3 N–H and O–H groups in total. The maximum atomic E-state index is 12.6. The van der Waals surface area contributed by atoms with Crippen LogP contribution >= 0.6 is 0 Å². The van der Waals surface area contributed by atoms with Gasteiger partial charge in [-0.1, -0.05) is 30.3 Å². The molecule has 0 saturated heterocycles. The molecule has 0 radical (unpaired) electrons. The topological polar surface area (TPSA) is 153 Å². The van der Waals surface area contributed by atoms with Crippen molar-refractivity contribution in [3.8, 4) is 5.75 Å². The highest BCUT2D eigenvalue weighted by atomic mass is 32.2. The smallest absolute Gasteiger partial charge is 0.269 e. The lowest BCUT2D eigenvalue weighted by molar-refractivity contribution is -0.123. The number of benzene rings is 2. The first-order valence-corrected chi connectivity index (χ1v) is 13.1. The van der Waals surface area contributed by atoms with Gasteiger partial charge in [0.15, 0.2) is 6.61 Å². The van der Waals surface area contributed by atoms with Gasteiger partial charge in [0.2, 0.25) is 0 Å². The molecule has 0 aliphatic carbocycles. The molecule has 0 aliphatic rings. The molecule has 0 bridgehead atoms. The third kappa shape index (κ3) is 8.68. The van der Waals surface area contributed by atoms with Crippen LogP contribution in [0.1, 0.15) is 26.4 Å². The number of hydrogen-bond donors (Lipinski definition) is 3. The van der Waals surface area contributed by atoms with E-state index in [4.69, 9.17) is 9.47 Å². The molecule has 0 aliphatic heterocycles. The summed E-state index contributed by atoms with van der Waals surface area (Å²) in [5.74, 6) is -0.999. The average Bonchev–Trinajstić information content (AvgIpc) is 2.92. The molecule has 1 heterocycles. The molecule has 0 fully saturated rings. The van der Waals surface area contributed by atoms with Crippen LogP contribution in [0.4, 0.5) is 0 Å². The first kappa shape index (κ1) is 28.3. The molecule has 3 rings (SSSR count). The van der Waals surface area contributed by atoms with E-state index in [-0.39, 0.29) is 28.7 Å². The van der Waals surface area contributed by atoms with Crippen LogP contribution in [0.25, 0.3) is 0 Å². The van der Waals surface area contributed by atoms with Crippen molar-refractivity contribution in [3.05, 3.63) is 89.7 Å². The summed E-state index contributed by atoms with van der Waals surface area (Å²) in [6, 6.07) is 17.6. The quantitative estimate of drug-likeness (QED) is 0.275. The number of sulfonamides is 1. The normalized spacial score (nSPS) is 10.9. The Morgan fingerprint density at radius 3 is 2.26 bits per heavy atom. The van der Waals surface area contributed by atoms with E-state index in [0.29, 0.717) is 31.9 Å². The molecule has 12 heteroatoms. The highest BCUT2D eigenvalue weighted by Crippen LogP contribution is 2.12. The lowest BCUT2D eigenvalue weighted by Gasteiger charge is -2.09. The summed E-state index contributed by atoms with van der Waals surface area (Å²) in [5.41, 5.74) is 0.852. The molecule has 2 aromatic carbocycles. The minimum absolute atomic E-state index is 0.0226. The summed E-state index contributed by atoms with van der Waals surface area (Å²) in [7, 11) is -2.63. The van der Waals surface area contributed by atoms with Gasteiger partial charge in [0.25, 0.3) is 27.7 Å². The number of amides is 3. The molecule has 0 atom stereocenters. The van der Waals surface area contributed by atoms with Gasteiger partial charge < -0.3 is 20.1 Å². The van der Waals surface area contributed by atoms with Crippen LogP contribution < -0.4 is 20.1 Å². The van der Waals surface area contributed by atoms with Crippen molar-refractivity contribution in [3.63, 3.8) is 0 Å². The largest absolute Gasteiger partial charge is 0.484 e. The standard InChI is InChI=1S/C26H28N4O7S/c1-36-16-15-28-26(33)23-12-9-20(17-29-23)25(32)30-38(34,35)22-10-7-19(8-11-22)13-14-27-24(31)18-37-21-5-3-2-4-6-21/h2-12,17H,13-16,18H2,1H3,(H,27,31)(H,28,33)(H,30,32). The zero-order chi connectivity index (χ0) is 27.4. The number of carbonyl (C=O) groups excluding carboxylic acids is 3. The first-order chi connectivity index (χ1) is 18.3. The molecular weight excluding hydrogens is 512 g/mol. The van der Waals surface area contributed by atoms with Crippen LogP contribution in [-0.4, -0.2) is 64.5 Å². The predicted octanol–water partition coefficient (Wildman–Crippen LogP) is 1.31. The summed E-state index contributed by atoms with van der Waals surface area (Å²) >= 11 is 0. The van der Waals surface area contributed by atoms with E-state index in [2.05, 4.69) is 15.6 Å². The molecule has 1 aromatic heterocycles. The maximum absolute atomic E-state index is 12.6. The molecule has 38 heavy (non-hydrogen) atoms. The molecule has 0 spiro atoms. The van der Waals surface area contributed by atoms with Crippen molar-refractivity contribution >= 4 is 27.7 Å². The average molecular weight is 541 g/mol. The Morgan fingerprint density at radius 1 is 0.868 bits per heavy atom. The third-order valence-corrected chi connectivity index (χ3v) is 6.51. The second-order valence-electron chi connectivity index (χ2n) is 7.96. The highest BCUT2D eigenvalue weighted by Gasteiger charge is 2.19. The second-order valence-corrected chi connectivity index (χ2v) is 9.64. The molecule has 3 aromatic rings. The number of pyridine rings is 1. The van der Waals surface area contributed by atoms with Crippen molar-refractivity contribution in [2.75, 3.05) is 33.4 Å². The molecular formula is C26H28N4O7S. The lowest BCUT2D eigenvalue weighted by Crippen LogP contribution is -2.31. The van der Waals surface area contributed by atoms with E-state index in [1.807, 2.05) is 22.9 Å². The highest BCUT2D eigenvalue weighted by molar-refractivity contribution is 7.90. The number of aromatic nitrogens is 1. The van der Waals surface area contributed by atoms with Crippen molar-refractivity contribution in [2.45, 2.75) is 11.3 Å². The van der Waals surface area contributed by atoms with Gasteiger partial charge in [0, 0.05) is 26.4 Å². The van der Waals surface area contributed by atoms with Gasteiger partial charge in [0.1, 0.15) is 11.4 Å². The molecule has 3 amide bonds. The predicted molar refractivity (Wildman–Crippen MR) is 138 cm³/mol. The SMILES string of the molecule is COCCNC(=O)c1ccc(C(=O)NS(=O)(=O)c2ccc(CCNC(=O)COc3ccccc3)cc2)cn1. The van der Waals surface area contributed by atoms with Crippen LogP contribution in [0.3, 0.4) is 0 Å². The Balaban J connectivity index is 1.47. The summed E-state index contributed by atoms with van der Waals surface area (Å²) in [6.45, 7) is 0.870. The number of nitrogens with zero attached hydrogens (tertiary/aromatic N) is 1. The van der Waals surface area contributed by atoms with Gasteiger partial charge in [-0.3, -0.25) is 19.4 Å². The van der Waals surface area contributed by atoms with E-state index in [0.717, 1.165) is 11.8 Å². The van der Waals surface area contributed by atoms with E-state index >= 15 is 0 Å². The summed E-state index contributed by atoms with van der Waals surface area (Å²) in [4.78, 5) is 40.2. The fraction of sp³-hybridized carbons (Fsp3) is 0.231. The Kier molecular flexibility index (Phi) is 10.3. The number of rotatable bonds is 13. The van der Waals surface area contributed by atoms with Crippen LogP contribution in [0, 0.1) is 0 Å². The second kappa shape index (κ2) is 13.9. The number of ether oxygens (including phenoxy) is 2. The molecule has 11 nitrogen and oxygen atoms in total. The minimum atomic E-state index is -4.14. The van der Waals surface area contributed by atoms with Crippen LogP contribution in [0.15, 0.2) is 77.8 Å². The number of carbonyl (C=O) groups is 3. The zero-order valence-electron chi connectivity index (χ0n) is 20.7. The van der Waals surface area contributed by atoms with Gasteiger partial charge in [-0.2, -0.15) is 0 Å². The fourth-order valence-corrected chi connectivity index (χ4v) is 4.13. The third-order valence-electron chi connectivity index (χ3n) is 5.16. The summed E-state index contributed by atoms with van der Waals surface area (Å²) < 4.78 is 37.5. The van der Waals surface area contributed by atoms with E-state index in [9.17, 15) is 22.8 Å². The first-order valence-electron chi connectivity index (χ1n) is 11.6. The van der Waals surface area contributed by atoms with Crippen LogP contribution in [-0.2, 0) is 26.0 Å². The Morgan fingerprint density at radius 2 is 1.61 bits per heavy atom. The summed E-state index contributed by atoms with van der Waals surface area (Å²) in [6.07, 6.45) is 1.60. The van der Waals surface area contributed by atoms with Gasteiger partial charge in [-0.25, -0.2) is 13.1 Å². The van der Waals surface area contributed by atoms with Gasteiger partial charge in [0.05, 0.1) is 17.1 Å². The monoisotopic (exact) mass is 540 g/mol. The number of nitrogens with one attached hydrogen (secondary N) is 3. The van der Waals surface area contributed by atoms with Crippen LogP contribution in [0.5, 0.6) is 5.75 Å². The van der Waals surface area contributed by atoms with Crippen molar-refractivity contribution in [1.29, 1.82) is 0 Å². The van der Waals surface area contributed by atoms with Crippen molar-refractivity contribution < 1.29 is 32.3 Å². The fourth-order valence-electron chi connectivity index (χ4n) is 3.16. The van der Waals surface area contributed by atoms with Crippen molar-refractivity contribution in [1.82, 2.24) is 20.3 Å². The number of hydrogen-bond acceptors (Lipinski definition) is 8. The minimum Gasteiger partial charge on any atom is -0.484 e. The summed E-state index contributed by atoms with van der Waals surface area (Å²) in [5, 5.41) is 5.33. The number of para-hydroxylation sites is 1. The van der Waals surface area contributed by atoms with Gasteiger partial charge in [-0.05, 0) is 48.4 Å². The van der Waals surface area contributed by atoms with E-state index in [1.165, 1.54) is 31.4 Å². The maximum Gasteiger partial charge on any atom is 0.269 e. The zero-order valence-corrected chi connectivity index (χ0v) is 21.5. The van der Waals surface area contributed by atoms with Gasteiger partial charge in [-0.15, -0.1) is 0 Å².